The molecule has 0 unspecified atom stereocenters. The van der Waals surface area contributed by atoms with Gasteiger partial charge in [-0.25, -0.2) is 0 Å². The standard InChI is InChI=1S/C19H13BrO2/c1-21-17-9-7-12-10-14(6-8-15(12)19(17)20)18-11-13-4-2-3-5-16(13)22-18/h2-11H,1H3. The number of benzene rings is 3. The summed E-state index contributed by atoms with van der Waals surface area (Å²) >= 11 is 3.60. The van der Waals surface area contributed by atoms with Crippen molar-refractivity contribution in [3.05, 3.63) is 65.1 Å². The van der Waals surface area contributed by atoms with Gasteiger partial charge in [0.25, 0.3) is 0 Å². The van der Waals surface area contributed by atoms with Crippen molar-refractivity contribution in [3.8, 4) is 17.1 Å². The first-order valence-electron chi connectivity index (χ1n) is 7.01. The number of hydrogen-bond donors (Lipinski definition) is 0. The molecule has 0 atom stereocenters. The summed E-state index contributed by atoms with van der Waals surface area (Å²) < 4.78 is 12.3. The van der Waals surface area contributed by atoms with Crippen LogP contribution in [0.15, 0.2) is 69.6 Å². The van der Waals surface area contributed by atoms with Gasteiger partial charge in [-0.15, -0.1) is 0 Å². The molecule has 0 N–H and O–H groups in total. The van der Waals surface area contributed by atoms with Crippen LogP contribution in [0.1, 0.15) is 0 Å². The third kappa shape index (κ3) is 2.09. The second-order valence-electron chi connectivity index (χ2n) is 5.17. The zero-order valence-electron chi connectivity index (χ0n) is 12.0. The third-order valence-electron chi connectivity index (χ3n) is 3.85. The van der Waals surface area contributed by atoms with Crippen LogP contribution < -0.4 is 4.74 Å². The first-order chi connectivity index (χ1) is 10.8. The highest BCUT2D eigenvalue weighted by Gasteiger charge is 2.09. The van der Waals surface area contributed by atoms with Gasteiger partial charge in [0.15, 0.2) is 0 Å². The molecular formula is C19H13BrO2. The first kappa shape index (κ1) is 13.4. The molecule has 4 rings (SSSR count). The Hall–Kier alpha value is -2.26. The molecule has 1 aromatic heterocycles. The van der Waals surface area contributed by atoms with Crippen molar-refractivity contribution < 1.29 is 9.15 Å². The summed E-state index contributed by atoms with van der Waals surface area (Å²) in [5.74, 6) is 1.72. The van der Waals surface area contributed by atoms with Crippen LogP contribution in [-0.2, 0) is 0 Å². The smallest absolute Gasteiger partial charge is 0.135 e. The number of rotatable bonds is 2. The lowest BCUT2D eigenvalue weighted by Crippen LogP contribution is -1.85. The molecule has 0 amide bonds. The van der Waals surface area contributed by atoms with Crippen LogP contribution in [0.3, 0.4) is 0 Å². The molecule has 0 aliphatic heterocycles. The first-order valence-corrected chi connectivity index (χ1v) is 7.81. The molecule has 0 saturated carbocycles. The van der Waals surface area contributed by atoms with Crippen molar-refractivity contribution in [1.82, 2.24) is 0 Å². The van der Waals surface area contributed by atoms with Gasteiger partial charge in [-0.3, -0.25) is 0 Å². The Kier molecular flexibility index (Phi) is 3.16. The van der Waals surface area contributed by atoms with Gasteiger partial charge in [0, 0.05) is 10.9 Å². The van der Waals surface area contributed by atoms with Crippen molar-refractivity contribution in [2.45, 2.75) is 0 Å². The maximum Gasteiger partial charge on any atom is 0.135 e. The lowest BCUT2D eigenvalue weighted by molar-refractivity contribution is 0.413. The van der Waals surface area contributed by atoms with E-state index in [1.54, 1.807) is 7.11 Å². The van der Waals surface area contributed by atoms with Crippen molar-refractivity contribution >= 4 is 37.7 Å². The van der Waals surface area contributed by atoms with E-state index in [0.29, 0.717) is 0 Å². The Morgan fingerprint density at radius 3 is 2.59 bits per heavy atom. The molecule has 3 heteroatoms. The van der Waals surface area contributed by atoms with Gasteiger partial charge in [0.2, 0.25) is 0 Å². The quantitative estimate of drug-likeness (QED) is 0.439. The normalized spacial score (nSPS) is 11.2. The second kappa shape index (κ2) is 5.18. The lowest BCUT2D eigenvalue weighted by Gasteiger charge is -2.07. The van der Waals surface area contributed by atoms with Crippen molar-refractivity contribution in [2.24, 2.45) is 0 Å². The van der Waals surface area contributed by atoms with E-state index in [-0.39, 0.29) is 0 Å². The molecule has 0 fully saturated rings. The van der Waals surface area contributed by atoms with E-state index in [0.717, 1.165) is 43.3 Å². The van der Waals surface area contributed by atoms with Crippen molar-refractivity contribution in [3.63, 3.8) is 0 Å². The van der Waals surface area contributed by atoms with E-state index >= 15 is 0 Å². The van der Waals surface area contributed by atoms with Crippen molar-refractivity contribution in [1.29, 1.82) is 0 Å². The molecule has 0 aliphatic carbocycles. The number of furan rings is 1. The SMILES string of the molecule is COc1ccc2cc(-c3cc4ccccc4o3)ccc2c1Br. The van der Waals surface area contributed by atoms with Gasteiger partial charge in [0.1, 0.15) is 17.1 Å². The Morgan fingerprint density at radius 1 is 0.909 bits per heavy atom. The summed E-state index contributed by atoms with van der Waals surface area (Å²) in [6.45, 7) is 0. The van der Waals surface area contributed by atoms with Crippen LogP contribution in [0.2, 0.25) is 0 Å². The highest BCUT2D eigenvalue weighted by atomic mass is 79.9. The number of halogens is 1. The molecular weight excluding hydrogens is 340 g/mol. The third-order valence-corrected chi connectivity index (χ3v) is 4.67. The minimum Gasteiger partial charge on any atom is -0.496 e. The molecule has 108 valence electrons. The minimum atomic E-state index is 0.837. The largest absolute Gasteiger partial charge is 0.496 e. The van der Waals surface area contributed by atoms with Crippen LogP contribution in [0.5, 0.6) is 5.75 Å². The van der Waals surface area contributed by atoms with E-state index in [4.69, 9.17) is 9.15 Å². The maximum absolute atomic E-state index is 5.94. The predicted octanol–water partition coefficient (Wildman–Crippen LogP) is 6.02. The summed E-state index contributed by atoms with van der Waals surface area (Å²) in [5, 5.41) is 3.39. The fraction of sp³-hybridized carbons (Fsp3) is 0.0526. The Labute approximate surface area is 136 Å². The summed E-state index contributed by atoms with van der Waals surface area (Å²) in [6, 6.07) is 20.5. The fourth-order valence-electron chi connectivity index (χ4n) is 2.71. The van der Waals surface area contributed by atoms with Crippen LogP contribution in [0.25, 0.3) is 33.1 Å². The number of hydrogen-bond acceptors (Lipinski definition) is 2. The number of methoxy groups -OCH3 is 1. The van der Waals surface area contributed by atoms with Crippen molar-refractivity contribution in [2.75, 3.05) is 7.11 Å². The van der Waals surface area contributed by atoms with Gasteiger partial charge in [-0.1, -0.05) is 36.4 Å². The predicted molar refractivity (Wildman–Crippen MR) is 93.4 cm³/mol. The Bertz CT molecular complexity index is 952. The molecule has 3 aromatic carbocycles. The molecule has 0 spiro atoms. The summed E-state index contributed by atoms with van der Waals surface area (Å²) in [5.41, 5.74) is 1.98. The van der Waals surface area contributed by atoms with Gasteiger partial charge >= 0.3 is 0 Å². The summed E-state index contributed by atoms with van der Waals surface area (Å²) in [6.07, 6.45) is 0. The highest BCUT2D eigenvalue weighted by Crippen LogP contribution is 2.36. The molecule has 0 aliphatic rings. The van der Waals surface area contributed by atoms with E-state index in [9.17, 15) is 0 Å². The molecule has 0 saturated heterocycles. The zero-order valence-corrected chi connectivity index (χ0v) is 13.6. The topological polar surface area (TPSA) is 22.4 Å². The summed E-state index contributed by atoms with van der Waals surface area (Å²) in [7, 11) is 1.68. The Balaban J connectivity index is 1.89. The molecule has 0 bridgehead atoms. The fourth-order valence-corrected chi connectivity index (χ4v) is 3.36. The number of ether oxygens (including phenoxy) is 1. The van der Waals surface area contributed by atoms with Crippen LogP contribution in [0, 0.1) is 0 Å². The monoisotopic (exact) mass is 352 g/mol. The van der Waals surface area contributed by atoms with E-state index < -0.39 is 0 Å². The molecule has 1 heterocycles. The van der Waals surface area contributed by atoms with Crippen LogP contribution in [-0.4, -0.2) is 7.11 Å². The van der Waals surface area contributed by atoms with Crippen LogP contribution in [0.4, 0.5) is 0 Å². The summed E-state index contributed by atoms with van der Waals surface area (Å²) in [4.78, 5) is 0. The van der Waals surface area contributed by atoms with Gasteiger partial charge in [0.05, 0.1) is 11.6 Å². The van der Waals surface area contributed by atoms with Gasteiger partial charge in [-0.05, 0) is 51.0 Å². The average Bonchev–Trinajstić information content (AvgIpc) is 2.99. The van der Waals surface area contributed by atoms with Crippen LogP contribution >= 0.6 is 15.9 Å². The van der Waals surface area contributed by atoms with E-state index in [2.05, 4.69) is 52.3 Å². The number of fused-ring (bicyclic) bond motifs is 2. The second-order valence-corrected chi connectivity index (χ2v) is 5.96. The number of para-hydroxylation sites is 1. The van der Waals surface area contributed by atoms with Gasteiger partial charge in [-0.2, -0.15) is 0 Å². The molecule has 2 nitrogen and oxygen atoms in total. The Morgan fingerprint density at radius 2 is 1.77 bits per heavy atom. The average molecular weight is 353 g/mol. The lowest BCUT2D eigenvalue weighted by atomic mass is 10.0. The maximum atomic E-state index is 5.94. The molecule has 0 radical (unpaired) electrons. The zero-order chi connectivity index (χ0) is 15.1. The highest BCUT2D eigenvalue weighted by molar-refractivity contribution is 9.10. The molecule has 22 heavy (non-hydrogen) atoms. The minimum absolute atomic E-state index is 0.837. The molecule has 4 aromatic rings. The van der Waals surface area contributed by atoms with Gasteiger partial charge < -0.3 is 9.15 Å². The van der Waals surface area contributed by atoms with E-state index in [1.807, 2.05) is 24.3 Å². The van der Waals surface area contributed by atoms with E-state index in [1.165, 1.54) is 0 Å².